The Labute approximate surface area is 118 Å². The first-order valence-electron chi connectivity index (χ1n) is 5.59. The van der Waals surface area contributed by atoms with Crippen LogP contribution in [0, 0.1) is 0 Å². The molecule has 1 aromatic carbocycles. The quantitative estimate of drug-likeness (QED) is 0.654. The van der Waals surface area contributed by atoms with E-state index in [1.54, 1.807) is 19.1 Å². The molecule has 1 aromatic heterocycles. The maximum absolute atomic E-state index is 12.6. The molecule has 20 heavy (non-hydrogen) atoms. The largest absolute Gasteiger partial charge is 0.463 e. The summed E-state index contributed by atoms with van der Waals surface area (Å²) >= 11 is 5.83. The van der Waals surface area contributed by atoms with Gasteiger partial charge in [0.2, 0.25) is 0 Å². The molecular weight excluding hydrogens is 293 g/mol. The van der Waals surface area contributed by atoms with Gasteiger partial charge in [-0.15, -0.1) is 0 Å². The van der Waals surface area contributed by atoms with Gasteiger partial charge in [-0.2, -0.15) is 18.3 Å². The second kappa shape index (κ2) is 5.58. The smallest absolute Gasteiger partial charge is 0.416 e. The third-order valence-electron chi connectivity index (χ3n) is 2.52. The van der Waals surface area contributed by atoms with Gasteiger partial charge < -0.3 is 4.42 Å². The summed E-state index contributed by atoms with van der Waals surface area (Å²) in [6.45, 7) is 1.66. The van der Waals surface area contributed by atoms with Crippen molar-refractivity contribution in [3.05, 3.63) is 52.9 Å². The minimum atomic E-state index is -4.43. The maximum Gasteiger partial charge on any atom is 0.416 e. The summed E-state index contributed by atoms with van der Waals surface area (Å²) in [5.74, 6) is 0.514. The Hall–Kier alpha value is -1.95. The van der Waals surface area contributed by atoms with E-state index < -0.39 is 11.7 Å². The molecule has 0 aliphatic rings. The fraction of sp³-hybridized carbons (Fsp3) is 0.154. The molecule has 1 N–H and O–H groups in total. The zero-order valence-corrected chi connectivity index (χ0v) is 11.1. The summed E-state index contributed by atoms with van der Waals surface area (Å²) in [6.07, 6.45) is -2.95. The second-order valence-electron chi connectivity index (χ2n) is 3.98. The van der Waals surface area contributed by atoms with Crippen molar-refractivity contribution in [1.82, 2.24) is 0 Å². The van der Waals surface area contributed by atoms with Gasteiger partial charge in [0.05, 0.1) is 22.5 Å². The Kier molecular flexibility index (Phi) is 4.04. The number of nitrogens with one attached hydrogen (secondary N) is 1. The lowest BCUT2D eigenvalue weighted by molar-refractivity contribution is -0.137. The van der Waals surface area contributed by atoms with Crippen molar-refractivity contribution in [3.63, 3.8) is 0 Å². The van der Waals surface area contributed by atoms with E-state index >= 15 is 0 Å². The third-order valence-corrected chi connectivity index (χ3v) is 2.85. The topological polar surface area (TPSA) is 37.5 Å². The van der Waals surface area contributed by atoms with Gasteiger partial charge in [-0.25, -0.2) is 0 Å². The lowest BCUT2D eigenvalue weighted by Gasteiger charge is -2.10. The average Bonchev–Trinajstić information content (AvgIpc) is 2.90. The fourth-order valence-electron chi connectivity index (χ4n) is 1.47. The van der Waals surface area contributed by atoms with Crippen molar-refractivity contribution < 1.29 is 17.6 Å². The fourth-order valence-corrected chi connectivity index (χ4v) is 1.63. The monoisotopic (exact) mass is 302 g/mol. The van der Waals surface area contributed by atoms with Crippen LogP contribution < -0.4 is 5.43 Å². The van der Waals surface area contributed by atoms with Crippen LogP contribution in [0.3, 0.4) is 0 Å². The first-order chi connectivity index (χ1) is 9.38. The predicted octanol–water partition coefficient (Wildman–Crippen LogP) is 4.79. The number of hydrogen-bond donors (Lipinski definition) is 1. The summed E-state index contributed by atoms with van der Waals surface area (Å²) in [4.78, 5) is 0. The Morgan fingerprint density at radius 2 is 2.05 bits per heavy atom. The number of nitrogens with zero attached hydrogens (tertiary/aromatic N) is 1. The zero-order chi connectivity index (χ0) is 14.8. The summed E-state index contributed by atoms with van der Waals surface area (Å²) in [7, 11) is 0. The summed E-state index contributed by atoms with van der Waals surface area (Å²) in [5, 5.41) is 4.09. The van der Waals surface area contributed by atoms with Crippen LogP contribution >= 0.6 is 11.6 Å². The van der Waals surface area contributed by atoms with Crippen LogP contribution in [-0.4, -0.2) is 5.71 Å². The van der Waals surface area contributed by atoms with Gasteiger partial charge in [0, 0.05) is 0 Å². The number of rotatable bonds is 3. The van der Waals surface area contributed by atoms with Gasteiger partial charge in [-0.1, -0.05) is 11.6 Å². The van der Waals surface area contributed by atoms with E-state index in [4.69, 9.17) is 16.0 Å². The zero-order valence-electron chi connectivity index (χ0n) is 10.3. The molecule has 0 atom stereocenters. The lowest BCUT2D eigenvalue weighted by Crippen LogP contribution is -2.06. The molecule has 0 spiro atoms. The Balaban J connectivity index is 2.23. The lowest BCUT2D eigenvalue weighted by atomic mass is 10.2. The van der Waals surface area contributed by atoms with Gasteiger partial charge in [-0.05, 0) is 37.3 Å². The average molecular weight is 303 g/mol. The summed E-state index contributed by atoms with van der Waals surface area (Å²) < 4.78 is 42.9. The normalized spacial score (nSPS) is 12.6. The molecule has 0 saturated carbocycles. The molecule has 106 valence electrons. The number of hydrazone groups is 1. The summed E-state index contributed by atoms with van der Waals surface area (Å²) in [6, 6.07) is 6.36. The van der Waals surface area contributed by atoms with Crippen molar-refractivity contribution in [3.8, 4) is 0 Å². The second-order valence-corrected chi connectivity index (χ2v) is 4.39. The molecule has 0 bridgehead atoms. The van der Waals surface area contributed by atoms with Crippen molar-refractivity contribution in [2.75, 3.05) is 5.43 Å². The highest BCUT2D eigenvalue weighted by Gasteiger charge is 2.30. The van der Waals surface area contributed by atoms with Crippen LogP contribution in [0.1, 0.15) is 18.2 Å². The Bertz CT molecular complexity index is 621. The van der Waals surface area contributed by atoms with E-state index in [1.165, 1.54) is 12.3 Å². The van der Waals surface area contributed by atoms with Crippen molar-refractivity contribution in [2.45, 2.75) is 13.1 Å². The molecular formula is C13H10ClF3N2O. The Morgan fingerprint density at radius 3 is 2.65 bits per heavy atom. The number of anilines is 1. The number of alkyl halides is 3. The van der Waals surface area contributed by atoms with E-state index in [0.29, 0.717) is 11.5 Å². The van der Waals surface area contributed by atoms with Crippen LogP contribution in [0.2, 0.25) is 5.02 Å². The molecule has 3 nitrogen and oxygen atoms in total. The molecule has 1 heterocycles. The van der Waals surface area contributed by atoms with Crippen molar-refractivity contribution in [1.29, 1.82) is 0 Å². The highest BCUT2D eigenvalue weighted by atomic mass is 35.5. The number of furan rings is 1. The summed E-state index contributed by atoms with van der Waals surface area (Å²) in [5.41, 5.74) is 2.28. The van der Waals surface area contributed by atoms with E-state index in [0.717, 1.165) is 12.1 Å². The molecule has 0 fully saturated rings. The van der Waals surface area contributed by atoms with Crippen LogP contribution in [0.5, 0.6) is 0 Å². The molecule has 2 rings (SSSR count). The third kappa shape index (κ3) is 3.33. The standard InChI is InChI=1S/C13H10ClF3N2O/c1-8(12-3-2-6-20-12)18-19-11-7-9(13(15,16)17)4-5-10(11)14/h2-7,19H,1H3/b18-8-. The van der Waals surface area contributed by atoms with Gasteiger partial charge in [-0.3, -0.25) is 5.43 Å². The van der Waals surface area contributed by atoms with Crippen LogP contribution in [-0.2, 0) is 6.18 Å². The molecule has 0 aliphatic heterocycles. The molecule has 7 heteroatoms. The van der Waals surface area contributed by atoms with E-state index in [2.05, 4.69) is 10.5 Å². The van der Waals surface area contributed by atoms with E-state index in [1.807, 2.05) is 0 Å². The van der Waals surface area contributed by atoms with Gasteiger partial charge >= 0.3 is 6.18 Å². The molecule has 0 amide bonds. The Morgan fingerprint density at radius 1 is 1.30 bits per heavy atom. The minimum Gasteiger partial charge on any atom is -0.463 e. The highest BCUT2D eigenvalue weighted by Crippen LogP contribution is 2.33. The van der Waals surface area contributed by atoms with Gasteiger partial charge in [0.15, 0.2) is 0 Å². The highest BCUT2D eigenvalue weighted by molar-refractivity contribution is 6.33. The first kappa shape index (κ1) is 14.5. The van der Waals surface area contributed by atoms with Crippen LogP contribution in [0.15, 0.2) is 46.1 Å². The molecule has 0 radical (unpaired) electrons. The van der Waals surface area contributed by atoms with Crippen LogP contribution in [0.25, 0.3) is 0 Å². The molecule has 2 aromatic rings. The SMILES string of the molecule is C/C(=N/Nc1cc(C(F)(F)F)ccc1Cl)c1ccco1. The number of halogens is 4. The van der Waals surface area contributed by atoms with E-state index in [-0.39, 0.29) is 10.7 Å². The minimum absolute atomic E-state index is 0.0763. The molecule has 0 saturated heterocycles. The molecule has 0 aliphatic carbocycles. The predicted molar refractivity (Wildman–Crippen MR) is 71.0 cm³/mol. The van der Waals surface area contributed by atoms with Crippen molar-refractivity contribution in [2.24, 2.45) is 5.10 Å². The number of benzene rings is 1. The maximum atomic E-state index is 12.6. The van der Waals surface area contributed by atoms with Crippen molar-refractivity contribution >= 4 is 23.0 Å². The van der Waals surface area contributed by atoms with Gasteiger partial charge in [0.1, 0.15) is 11.5 Å². The first-order valence-corrected chi connectivity index (χ1v) is 5.96. The van der Waals surface area contributed by atoms with E-state index in [9.17, 15) is 13.2 Å². The molecule has 0 unspecified atom stereocenters. The van der Waals surface area contributed by atoms with Crippen LogP contribution in [0.4, 0.5) is 18.9 Å². The number of hydrogen-bond acceptors (Lipinski definition) is 3. The van der Waals surface area contributed by atoms with Gasteiger partial charge in [0.25, 0.3) is 0 Å².